The van der Waals surface area contributed by atoms with Gasteiger partial charge in [0.25, 0.3) is 0 Å². The van der Waals surface area contributed by atoms with E-state index >= 15 is 0 Å². The number of aromatic nitrogens is 2. The molecule has 2 heterocycles. The first-order valence-electron chi connectivity index (χ1n) is 6.19. The Morgan fingerprint density at radius 3 is 2.85 bits per heavy atom. The second-order valence-electron chi connectivity index (χ2n) is 4.52. The van der Waals surface area contributed by atoms with Crippen LogP contribution in [0.1, 0.15) is 17.0 Å². The fourth-order valence-electron chi connectivity index (χ4n) is 1.96. The Morgan fingerprint density at radius 1 is 1.20 bits per heavy atom. The van der Waals surface area contributed by atoms with Crippen LogP contribution in [0, 0.1) is 18.8 Å². The van der Waals surface area contributed by atoms with Gasteiger partial charge in [0, 0.05) is 18.3 Å². The summed E-state index contributed by atoms with van der Waals surface area (Å²) in [5.41, 5.74) is 3.74. The molecule has 0 unspecified atom stereocenters. The van der Waals surface area contributed by atoms with E-state index in [1.165, 1.54) is 4.57 Å². The Hall–Kier alpha value is -2.80. The number of fused-ring (bicyclic) bond motifs is 1. The average molecular weight is 264 g/mol. The first kappa shape index (κ1) is 12.2. The van der Waals surface area contributed by atoms with E-state index in [1.54, 1.807) is 13.1 Å². The van der Waals surface area contributed by atoms with Crippen molar-refractivity contribution in [2.75, 3.05) is 0 Å². The van der Waals surface area contributed by atoms with Crippen LogP contribution in [0.5, 0.6) is 0 Å². The summed E-state index contributed by atoms with van der Waals surface area (Å²) in [6.07, 6.45) is 0. The van der Waals surface area contributed by atoms with Crippen molar-refractivity contribution in [3.63, 3.8) is 0 Å². The first-order valence-corrected chi connectivity index (χ1v) is 6.19. The standard InChI is InChI=1S/C16H12N2O2/c1-11-4-3-5-13(17-11)8-6-12-7-9-14-15(10-12)20-16(19)18(14)2/h3-5,7,9-10H,1-2H3. The van der Waals surface area contributed by atoms with Crippen molar-refractivity contribution < 1.29 is 4.42 Å². The summed E-state index contributed by atoms with van der Waals surface area (Å²) in [6.45, 7) is 1.93. The third-order valence-electron chi connectivity index (χ3n) is 3.02. The molecule has 3 aromatic rings. The van der Waals surface area contributed by atoms with Crippen LogP contribution in [0.2, 0.25) is 0 Å². The minimum Gasteiger partial charge on any atom is -0.408 e. The lowest BCUT2D eigenvalue weighted by atomic mass is 10.2. The molecule has 98 valence electrons. The van der Waals surface area contributed by atoms with Crippen molar-refractivity contribution in [1.82, 2.24) is 9.55 Å². The Kier molecular flexibility index (Phi) is 2.88. The Labute approximate surface area is 115 Å². The Morgan fingerprint density at radius 2 is 2.05 bits per heavy atom. The van der Waals surface area contributed by atoms with Gasteiger partial charge < -0.3 is 4.42 Å². The summed E-state index contributed by atoms with van der Waals surface area (Å²) in [5, 5.41) is 0. The zero-order chi connectivity index (χ0) is 14.1. The minimum atomic E-state index is -0.370. The van der Waals surface area contributed by atoms with Crippen LogP contribution in [-0.2, 0) is 7.05 Å². The van der Waals surface area contributed by atoms with E-state index < -0.39 is 0 Å². The predicted molar refractivity (Wildman–Crippen MR) is 76.4 cm³/mol. The van der Waals surface area contributed by atoms with E-state index in [0.29, 0.717) is 5.58 Å². The monoisotopic (exact) mass is 264 g/mol. The van der Waals surface area contributed by atoms with Gasteiger partial charge in [-0.1, -0.05) is 12.0 Å². The highest BCUT2D eigenvalue weighted by molar-refractivity contribution is 5.74. The molecule has 0 aliphatic rings. The van der Waals surface area contributed by atoms with E-state index in [0.717, 1.165) is 22.5 Å². The molecule has 3 rings (SSSR count). The van der Waals surface area contributed by atoms with Crippen LogP contribution < -0.4 is 5.76 Å². The number of hydrogen-bond acceptors (Lipinski definition) is 3. The SMILES string of the molecule is Cc1cccc(C#Cc2ccc3c(c2)oc(=O)n3C)n1. The topological polar surface area (TPSA) is 48.0 Å². The van der Waals surface area contributed by atoms with Gasteiger partial charge in [0.2, 0.25) is 0 Å². The molecule has 0 aliphatic heterocycles. The van der Waals surface area contributed by atoms with Crippen LogP contribution in [0.3, 0.4) is 0 Å². The predicted octanol–water partition coefficient (Wildman–Crippen LogP) is 2.23. The van der Waals surface area contributed by atoms with Gasteiger partial charge in [-0.25, -0.2) is 9.78 Å². The van der Waals surface area contributed by atoms with E-state index in [1.807, 2.05) is 37.3 Å². The molecule has 0 saturated carbocycles. The quantitative estimate of drug-likeness (QED) is 0.585. The van der Waals surface area contributed by atoms with Gasteiger partial charge in [-0.05, 0) is 43.2 Å². The first-order chi connectivity index (χ1) is 9.63. The molecule has 4 heteroatoms. The molecule has 0 N–H and O–H groups in total. The molecule has 0 atom stereocenters. The number of rotatable bonds is 0. The van der Waals surface area contributed by atoms with Crippen LogP contribution in [0.25, 0.3) is 11.1 Å². The summed E-state index contributed by atoms with van der Waals surface area (Å²) >= 11 is 0. The number of pyridine rings is 1. The van der Waals surface area contributed by atoms with Gasteiger partial charge in [-0.2, -0.15) is 0 Å². The van der Waals surface area contributed by atoms with Gasteiger partial charge in [-0.15, -0.1) is 0 Å². The highest BCUT2D eigenvalue weighted by atomic mass is 16.4. The maximum Gasteiger partial charge on any atom is 0.419 e. The number of nitrogens with zero attached hydrogens (tertiary/aromatic N) is 2. The van der Waals surface area contributed by atoms with Crippen LogP contribution in [-0.4, -0.2) is 9.55 Å². The summed E-state index contributed by atoms with van der Waals surface area (Å²) in [5.74, 6) is 5.66. The molecule has 4 nitrogen and oxygen atoms in total. The fraction of sp³-hybridized carbons (Fsp3) is 0.125. The van der Waals surface area contributed by atoms with E-state index in [9.17, 15) is 4.79 Å². The lowest BCUT2D eigenvalue weighted by molar-refractivity contribution is 0.528. The maximum absolute atomic E-state index is 11.4. The molecule has 2 aromatic heterocycles. The number of benzene rings is 1. The highest BCUT2D eigenvalue weighted by Crippen LogP contribution is 2.13. The Bertz CT molecular complexity index is 907. The molecular weight excluding hydrogens is 252 g/mol. The molecule has 0 bridgehead atoms. The Balaban J connectivity index is 2.02. The van der Waals surface area contributed by atoms with Crippen molar-refractivity contribution in [2.45, 2.75) is 6.92 Å². The van der Waals surface area contributed by atoms with Crippen LogP contribution >= 0.6 is 0 Å². The van der Waals surface area contributed by atoms with Gasteiger partial charge >= 0.3 is 5.76 Å². The average Bonchev–Trinajstić information content (AvgIpc) is 2.72. The third kappa shape index (κ3) is 2.21. The molecule has 0 amide bonds. The van der Waals surface area contributed by atoms with Crippen LogP contribution in [0.4, 0.5) is 0 Å². The maximum atomic E-state index is 11.4. The number of oxazole rings is 1. The van der Waals surface area contributed by atoms with Crippen molar-refractivity contribution in [1.29, 1.82) is 0 Å². The molecule has 0 spiro atoms. The van der Waals surface area contributed by atoms with E-state index in [-0.39, 0.29) is 5.76 Å². The lowest BCUT2D eigenvalue weighted by Gasteiger charge is -1.93. The molecule has 0 fully saturated rings. The van der Waals surface area contributed by atoms with Gasteiger partial charge in [-0.3, -0.25) is 4.57 Å². The largest absolute Gasteiger partial charge is 0.419 e. The highest BCUT2D eigenvalue weighted by Gasteiger charge is 2.05. The third-order valence-corrected chi connectivity index (χ3v) is 3.02. The van der Waals surface area contributed by atoms with Gasteiger partial charge in [0.1, 0.15) is 5.69 Å². The van der Waals surface area contributed by atoms with Crippen molar-refractivity contribution in [2.24, 2.45) is 7.05 Å². The fourth-order valence-corrected chi connectivity index (χ4v) is 1.96. The molecular formula is C16H12N2O2. The summed E-state index contributed by atoms with van der Waals surface area (Å²) in [4.78, 5) is 15.7. The zero-order valence-corrected chi connectivity index (χ0v) is 11.2. The number of aryl methyl sites for hydroxylation is 2. The van der Waals surface area contributed by atoms with E-state index in [2.05, 4.69) is 16.8 Å². The lowest BCUT2D eigenvalue weighted by Crippen LogP contribution is -2.08. The van der Waals surface area contributed by atoms with Crippen LogP contribution in [0.15, 0.2) is 45.6 Å². The number of hydrogen-bond donors (Lipinski definition) is 0. The molecule has 1 aromatic carbocycles. The second kappa shape index (κ2) is 4.71. The minimum absolute atomic E-state index is 0.370. The van der Waals surface area contributed by atoms with Crippen molar-refractivity contribution in [3.05, 3.63) is 63.9 Å². The smallest absolute Gasteiger partial charge is 0.408 e. The van der Waals surface area contributed by atoms with Gasteiger partial charge in [0.15, 0.2) is 5.58 Å². The van der Waals surface area contributed by atoms with Crippen molar-refractivity contribution >= 4 is 11.1 Å². The van der Waals surface area contributed by atoms with E-state index in [4.69, 9.17) is 4.42 Å². The summed E-state index contributed by atoms with van der Waals surface area (Å²) in [7, 11) is 1.68. The van der Waals surface area contributed by atoms with Crippen molar-refractivity contribution in [3.8, 4) is 11.8 Å². The normalized spacial score (nSPS) is 10.3. The van der Waals surface area contributed by atoms with Gasteiger partial charge in [0.05, 0.1) is 5.52 Å². The second-order valence-corrected chi connectivity index (χ2v) is 4.52. The molecule has 20 heavy (non-hydrogen) atoms. The summed E-state index contributed by atoms with van der Waals surface area (Å²) < 4.78 is 6.60. The zero-order valence-electron chi connectivity index (χ0n) is 11.2. The molecule has 0 aliphatic carbocycles. The summed E-state index contributed by atoms with van der Waals surface area (Å²) in [6, 6.07) is 11.2. The molecule has 0 radical (unpaired) electrons. The molecule has 0 saturated heterocycles.